The number of aliphatic hydroxyl groups is 1. The first-order chi connectivity index (χ1) is 10.2. The second-order valence-electron chi connectivity index (χ2n) is 8.09. The Morgan fingerprint density at radius 3 is 2.00 bits per heavy atom. The van der Waals surface area contributed by atoms with Crippen molar-refractivity contribution in [1.82, 2.24) is 0 Å². The summed E-state index contributed by atoms with van der Waals surface area (Å²) in [7, 11) is 0. The molecule has 2 fully saturated rings. The first-order valence-corrected chi connectivity index (χ1v) is 9.89. The summed E-state index contributed by atoms with van der Waals surface area (Å²) >= 11 is 0. The minimum Gasteiger partial charge on any atom is -0.390 e. The van der Waals surface area contributed by atoms with E-state index < -0.39 is 0 Å². The molecule has 0 spiro atoms. The maximum atomic E-state index is 10.7. The van der Waals surface area contributed by atoms with Crippen LogP contribution in [-0.2, 0) is 0 Å². The Bertz CT molecular complexity index is 270. The van der Waals surface area contributed by atoms with Gasteiger partial charge in [0.05, 0.1) is 5.60 Å². The molecule has 0 heterocycles. The standard InChI is InChI=1S/C20H38O/c1-3-5-6-14-20(21)15-12-19(13-16-20)18-10-8-17(7-4-2)9-11-18/h17-19,21H,3-16H2,1-2H3. The topological polar surface area (TPSA) is 20.2 Å². The van der Waals surface area contributed by atoms with Gasteiger partial charge in [-0.25, -0.2) is 0 Å². The minimum absolute atomic E-state index is 0.301. The van der Waals surface area contributed by atoms with Crippen molar-refractivity contribution in [2.45, 2.75) is 109 Å². The molecule has 124 valence electrons. The summed E-state index contributed by atoms with van der Waals surface area (Å²) in [5.74, 6) is 2.94. The van der Waals surface area contributed by atoms with E-state index in [2.05, 4.69) is 13.8 Å². The molecule has 0 aromatic heterocycles. The Hall–Kier alpha value is -0.0400. The van der Waals surface area contributed by atoms with Crippen LogP contribution in [0.3, 0.4) is 0 Å². The molecule has 2 aliphatic carbocycles. The Morgan fingerprint density at radius 2 is 1.43 bits per heavy atom. The number of hydrogen-bond acceptors (Lipinski definition) is 1. The largest absolute Gasteiger partial charge is 0.390 e. The van der Waals surface area contributed by atoms with Gasteiger partial charge in [0, 0.05) is 0 Å². The summed E-state index contributed by atoms with van der Waals surface area (Å²) in [6.45, 7) is 4.57. The lowest BCUT2D eigenvalue weighted by Crippen LogP contribution is -2.36. The van der Waals surface area contributed by atoms with Gasteiger partial charge in [0.2, 0.25) is 0 Å². The van der Waals surface area contributed by atoms with Crippen molar-refractivity contribution in [3.05, 3.63) is 0 Å². The average molecular weight is 295 g/mol. The van der Waals surface area contributed by atoms with Crippen molar-refractivity contribution in [3.63, 3.8) is 0 Å². The molecule has 0 radical (unpaired) electrons. The Kier molecular flexibility index (Phi) is 7.05. The van der Waals surface area contributed by atoms with E-state index in [1.54, 1.807) is 0 Å². The van der Waals surface area contributed by atoms with Crippen molar-refractivity contribution in [2.75, 3.05) is 0 Å². The third-order valence-electron chi connectivity index (χ3n) is 6.46. The van der Waals surface area contributed by atoms with E-state index in [1.165, 1.54) is 70.6 Å². The molecule has 2 aliphatic rings. The highest BCUT2D eigenvalue weighted by molar-refractivity contribution is 4.89. The third kappa shape index (κ3) is 5.27. The maximum Gasteiger partial charge on any atom is 0.0648 e. The smallest absolute Gasteiger partial charge is 0.0648 e. The summed E-state index contributed by atoms with van der Waals surface area (Å²) < 4.78 is 0. The van der Waals surface area contributed by atoms with Gasteiger partial charge in [0.15, 0.2) is 0 Å². The molecule has 0 atom stereocenters. The number of rotatable bonds is 7. The molecule has 1 nitrogen and oxygen atoms in total. The van der Waals surface area contributed by atoms with E-state index >= 15 is 0 Å². The predicted molar refractivity (Wildman–Crippen MR) is 91.4 cm³/mol. The van der Waals surface area contributed by atoms with Crippen molar-refractivity contribution in [2.24, 2.45) is 17.8 Å². The molecule has 0 aromatic rings. The van der Waals surface area contributed by atoms with Crippen LogP contribution in [0.2, 0.25) is 0 Å². The van der Waals surface area contributed by atoms with Crippen LogP contribution in [-0.4, -0.2) is 10.7 Å². The fourth-order valence-corrected chi connectivity index (χ4v) is 4.96. The van der Waals surface area contributed by atoms with Gasteiger partial charge in [-0.15, -0.1) is 0 Å². The number of unbranched alkanes of at least 4 members (excludes halogenated alkanes) is 2. The Morgan fingerprint density at radius 1 is 0.810 bits per heavy atom. The molecule has 0 unspecified atom stereocenters. The highest BCUT2D eigenvalue weighted by atomic mass is 16.3. The van der Waals surface area contributed by atoms with Gasteiger partial charge < -0.3 is 5.11 Å². The third-order valence-corrected chi connectivity index (χ3v) is 6.46. The molecular weight excluding hydrogens is 256 g/mol. The van der Waals surface area contributed by atoms with Gasteiger partial charge in [-0.1, -0.05) is 58.8 Å². The van der Waals surface area contributed by atoms with Gasteiger partial charge in [-0.2, -0.15) is 0 Å². The highest BCUT2D eigenvalue weighted by Crippen LogP contribution is 2.44. The summed E-state index contributed by atoms with van der Waals surface area (Å²) in [5, 5.41) is 10.7. The molecule has 2 rings (SSSR count). The fourth-order valence-electron chi connectivity index (χ4n) is 4.96. The molecule has 21 heavy (non-hydrogen) atoms. The monoisotopic (exact) mass is 294 g/mol. The van der Waals surface area contributed by atoms with Crippen LogP contribution < -0.4 is 0 Å². The second kappa shape index (κ2) is 8.56. The molecule has 1 heteroatoms. The van der Waals surface area contributed by atoms with E-state index in [0.29, 0.717) is 0 Å². The quantitative estimate of drug-likeness (QED) is 0.563. The van der Waals surface area contributed by atoms with Gasteiger partial charge >= 0.3 is 0 Å². The maximum absolute atomic E-state index is 10.7. The zero-order valence-electron chi connectivity index (χ0n) is 14.6. The van der Waals surface area contributed by atoms with Gasteiger partial charge in [0.25, 0.3) is 0 Å². The second-order valence-corrected chi connectivity index (χ2v) is 8.09. The van der Waals surface area contributed by atoms with Crippen molar-refractivity contribution in [1.29, 1.82) is 0 Å². The normalized spacial score (nSPS) is 37.6. The summed E-state index contributed by atoms with van der Waals surface area (Å²) in [6, 6.07) is 0. The van der Waals surface area contributed by atoms with E-state index in [1.807, 2.05) is 0 Å². The molecule has 0 aromatic carbocycles. The molecule has 0 aliphatic heterocycles. The zero-order valence-corrected chi connectivity index (χ0v) is 14.6. The van der Waals surface area contributed by atoms with E-state index in [0.717, 1.165) is 37.0 Å². The van der Waals surface area contributed by atoms with Crippen LogP contribution >= 0.6 is 0 Å². The lowest BCUT2D eigenvalue weighted by molar-refractivity contribution is -0.0293. The van der Waals surface area contributed by atoms with Gasteiger partial charge in [-0.3, -0.25) is 0 Å². The van der Waals surface area contributed by atoms with Crippen LogP contribution in [0.5, 0.6) is 0 Å². The lowest BCUT2D eigenvalue weighted by atomic mass is 9.67. The zero-order chi connectivity index (χ0) is 15.1. The Balaban J connectivity index is 1.69. The first kappa shape index (κ1) is 17.3. The minimum atomic E-state index is -0.301. The summed E-state index contributed by atoms with van der Waals surface area (Å²) in [6.07, 6.45) is 18.3. The highest BCUT2D eigenvalue weighted by Gasteiger charge is 2.36. The lowest BCUT2D eigenvalue weighted by Gasteiger charge is -2.41. The average Bonchev–Trinajstić information content (AvgIpc) is 2.50. The van der Waals surface area contributed by atoms with E-state index in [4.69, 9.17) is 0 Å². The predicted octanol–water partition coefficient (Wildman–Crippen LogP) is 6.09. The fraction of sp³-hybridized carbons (Fsp3) is 1.00. The van der Waals surface area contributed by atoms with Crippen molar-refractivity contribution in [3.8, 4) is 0 Å². The molecule has 0 saturated heterocycles. The van der Waals surface area contributed by atoms with Gasteiger partial charge in [0.1, 0.15) is 0 Å². The summed E-state index contributed by atoms with van der Waals surface area (Å²) in [5.41, 5.74) is -0.301. The molecule has 0 amide bonds. The van der Waals surface area contributed by atoms with Gasteiger partial charge in [-0.05, 0) is 62.7 Å². The molecule has 1 N–H and O–H groups in total. The molecule has 2 saturated carbocycles. The van der Waals surface area contributed by atoms with Crippen LogP contribution in [0, 0.1) is 17.8 Å². The van der Waals surface area contributed by atoms with Crippen LogP contribution in [0.25, 0.3) is 0 Å². The Labute approximate surface area is 132 Å². The molecule has 0 bridgehead atoms. The number of hydrogen-bond donors (Lipinski definition) is 1. The SMILES string of the molecule is CCCCCC1(O)CCC(C2CCC(CCC)CC2)CC1. The van der Waals surface area contributed by atoms with E-state index in [-0.39, 0.29) is 5.60 Å². The van der Waals surface area contributed by atoms with E-state index in [9.17, 15) is 5.11 Å². The summed E-state index contributed by atoms with van der Waals surface area (Å²) in [4.78, 5) is 0. The van der Waals surface area contributed by atoms with Crippen LogP contribution in [0.1, 0.15) is 104 Å². The van der Waals surface area contributed by atoms with Crippen molar-refractivity contribution >= 4 is 0 Å². The van der Waals surface area contributed by atoms with Crippen LogP contribution in [0.15, 0.2) is 0 Å². The molecular formula is C20H38O. The first-order valence-electron chi connectivity index (χ1n) is 9.89. The van der Waals surface area contributed by atoms with Crippen LogP contribution in [0.4, 0.5) is 0 Å². The van der Waals surface area contributed by atoms with Crippen molar-refractivity contribution < 1.29 is 5.11 Å².